The standard InChI is InChI=1S/C10H14N2O2/c13-5-8-6-14-10(11-8)12-4-7-1-2-9(12)3-7/h6-7,9,13H,1-5H2. The molecule has 1 aromatic rings. The summed E-state index contributed by atoms with van der Waals surface area (Å²) in [5.74, 6) is 0.837. The van der Waals surface area contributed by atoms with E-state index in [1.54, 1.807) is 6.26 Å². The summed E-state index contributed by atoms with van der Waals surface area (Å²) >= 11 is 0. The number of rotatable bonds is 2. The van der Waals surface area contributed by atoms with Crippen molar-refractivity contribution in [3.05, 3.63) is 12.0 Å². The molecule has 0 aromatic carbocycles. The molecule has 1 saturated carbocycles. The fraction of sp³-hybridized carbons (Fsp3) is 0.700. The minimum Gasteiger partial charge on any atom is -0.432 e. The highest BCUT2D eigenvalue weighted by atomic mass is 16.4. The summed E-state index contributed by atoms with van der Waals surface area (Å²) in [5.41, 5.74) is 0.628. The van der Waals surface area contributed by atoms with Crippen molar-refractivity contribution in [3.63, 3.8) is 0 Å². The van der Waals surface area contributed by atoms with Crippen molar-refractivity contribution >= 4 is 6.01 Å². The second-order valence-corrected chi connectivity index (χ2v) is 4.26. The van der Waals surface area contributed by atoms with Crippen LogP contribution in [0.25, 0.3) is 0 Å². The van der Waals surface area contributed by atoms with Gasteiger partial charge in [0.15, 0.2) is 0 Å². The van der Waals surface area contributed by atoms with Crippen LogP contribution in [0.3, 0.4) is 0 Å². The molecule has 0 spiro atoms. The second-order valence-electron chi connectivity index (χ2n) is 4.26. The second kappa shape index (κ2) is 2.98. The third kappa shape index (κ3) is 1.14. The first-order valence-electron chi connectivity index (χ1n) is 5.18. The first-order valence-corrected chi connectivity index (χ1v) is 5.18. The van der Waals surface area contributed by atoms with Crippen molar-refractivity contribution in [2.45, 2.75) is 31.9 Å². The maximum Gasteiger partial charge on any atom is 0.297 e. The van der Waals surface area contributed by atoms with Gasteiger partial charge in [-0.3, -0.25) is 0 Å². The van der Waals surface area contributed by atoms with Crippen LogP contribution in [0, 0.1) is 5.92 Å². The lowest BCUT2D eigenvalue weighted by Gasteiger charge is -2.24. The van der Waals surface area contributed by atoms with E-state index in [0.717, 1.165) is 12.5 Å². The Kier molecular flexibility index (Phi) is 1.77. The smallest absolute Gasteiger partial charge is 0.297 e. The minimum absolute atomic E-state index is 0.0363. The van der Waals surface area contributed by atoms with E-state index >= 15 is 0 Å². The highest BCUT2D eigenvalue weighted by Crippen LogP contribution is 2.39. The molecule has 2 unspecified atom stereocenters. The van der Waals surface area contributed by atoms with Gasteiger partial charge in [-0.25, -0.2) is 0 Å². The summed E-state index contributed by atoms with van der Waals surface area (Å²) in [6.07, 6.45) is 5.45. The molecule has 0 amide bonds. The zero-order valence-electron chi connectivity index (χ0n) is 8.02. The van der Waals surface area contributed by atoms with Crippen molar-refractivity contribution in [1.29, 1.82) is 0 Å². The molecule has 1 aromatic heterocycles. The third-order valence-corrected chi connectivity index (χ3v) is 3.36. The topological polar surface area (TPSA) is 49.5 Å². The van der Waals surface area contributed by atoms with Crippen molar-refractivity contribution in [2.24, 2.45) is 5.92 Å². The van der Waals surface area contributed by atoms with E-state index in [1.165, 1.54) is 19.3 Å². The molecule has 2 atom stereocenters. The Labute approximate surface area is 82.5 Å². The first kappa shape index (κ1) is 8.29. The molecule has 2 aliphatic rings. The fourth-order valence-electron chi connectivity index (χ4n) is 2.66. The molecule has 3 rings (SSSR count). The quantitative estimate of drug-likeness (QED) is 0.767. The molecule has 76 valence electrons. The van der Waals surface area contributed by atoms with E-state index in [2.05, 4.69) is 9.88 Å². The van der Waals surface area contributed by atoms with E-state index < -0.39 is 0 Å². The van der Waals surface area contributed by atoms with Gasteiger partial charge in [-0.15, -0.1) is 0 Å². The predicted octanol–water partition coefficient (Wildman–Crippen LogP) is 1.16. The highest BCUT2D eigenvalue weighted by Gasteiger charge is 2.39. The third-order valence-electron chi connectivity index (χ3n) is 3.36. The van der Waals surface area contributed by atoms with E-state index in [0.29, 0.717) is 17.8 Å². The normalized spacial score (nSPS) is 30.2. The minimum atomic E-state index is -0.0363. The number of aliphatic hydroxyl groups excluding tert-OH is 1. The lowest BCUT2D eigenvalue weighted by atomic mass is 10.1. The summed E-state index contributed by atoms with van der Waals surface area (Å²) in [6, 6.07) is 1.33. The number of aliphatic hydroxyl groups is 1. The van der Waals surface area contributed by atoms with E-state index in [9.17, 15) is 0 Å². The molecule has 1 aliphatic heterocycles. The Bertz CT molecular complexity index is 337. The number of hydrogen-bond acceptors (Lipinski definition) is 4. The zero-order chi connectivity index (χ0) is 9.54. The molecule has 1 aliphatic carbocycles. The van der Waals surface area contributed by atoms with E-state index in [1.807, 2.05) is 0 Å². The van der Waals surface area contributed by atoms with Crippen molar-refractivity contribution in [3.8, 4) is 0 Å². The maximum absolute atomic E-state index is 8.88. The average molecular weight is 194 g/mol. The van der Waals surface area contributed by atoms with Gasteiger partial charge in [-0.05, 0) is 25.2 Å². The summed E-state index contributed by atoms with van der Waals surface area (Å²) in [7, 11) is 0. The van der Waals surface area contributed by atoms with Gasteiger partial charge in [-0.2, -0.15) is 4.98 Å². The van der Waals surface area contributed by atoms with Crippen LogP contribution in [0.15, 0.2) is 10.7 Å². The van der Waals surface area contributed by atoms with Crippen molar-refractivity contribution < 1.29 is 9.52 Å². The number of hydrogen-bond donors (Lipinski definition) is 1. The van der Waals surface area contributed by atoms with Crippen LogP contribution < -0.4 is 4.90 Å². The summed E-state index contributed by atoms with van der Waals surface area (Å²) < 4.78 is 5.35. The number of fused-ring (bicyclic) bond motifs is 2. The van der Waals surface area contributed by atoms with Gasteiger partial charge in [0.05, 0.1) is 6.61 Å². The lowest BCUT2D eigenvalue weighted by Crippen LogP contribution is -2.32. The van der Waals surface area contributed by atoms with Crippen LogP contribution in [0.4, 0.5) is 6.01 Å². The van der Waals surface area contributed by atoms with E-state index in [4.69, 9.17) is 9.52 Å². The van der Waals surface area contributed by atoms with E-state index in [-0.39, 0.29) is 6.61 Å². The van der Waals surface area contributed by atoms with Crippen molar-refractivity contribution in [1.82, 2.24) is 4.98 Å². The zero-order valence-corrected chi connectivity index (χ0v) is 8.02. The van der Waals surface area contributed by atoms with Crippen molar-refractivity contribution in [2.75, 3.05) is 11.4 Å². The van der Waals surface area contributed by atoms with Gasteiger partial charge in [0.2, 0.25) is 0 Å². The Balaban J connectivity index is 1.82. The molecular weight excluding hydrogens is 180 g/mol. The number of nitrogens with zero attached hydrogens (tertiary/aromatic N) is 2. The van der Waals surface area contributed by atoms with Gasteiger partial charge < -0.3 is 14.4 Å². The SMILES string of the molecule is OCc1coc(N2CC3CCC2C3)n1. The highest BCUT2D eigenvalue weighted by molar-refractivity contribution is 5.33. The van der Waals surface area contributed by atoms with Gasteiger partial charge in [0, 0.05) is 12.6 Å². The fourth-order valence-corrected chi connectivity index (χ4v) is 2.66. The van der Waals surface area contributed by atoms with Crippen LogP contribution in [0.5, 0.6) is 0 Å². The molecule has 2 heterocycles. The molecule has 1 saturated heterocycles. The maximum atomic E-state index is 8.88. The molecule has 2 bridgehead atoms. The van der Waals surface area contributed by atoms with Gasteiger partial charge in [-0.1, -0.05) is 0 Å². The summed E-state index contributed by atoms with van der Waals surface area (Å²) in [5, 5.41) is 8.88. The number of oxazole rings is 1. The predicted molar refractivity (Wildman–Crippen MR) is 50.9 cm³/mol. The Hall–Kier alpha value is -1.03. The van der Waals surface area contributed by atoms with Crippen LogP contribution in [-0.2, 0) is 6.61 Å². The molecule has 4 heteroatoms. The summed E-state index contributed by atoms with van der Waals surface area (Å²) in [6.45, 7) is 1.04. The van der Waals surface area contributed by atoms with Crippen LogP contribution >= 0.6 is 0 Å². The molecule has 1 N–H and O–H groups in total. The number of anilines is 1. The van der Waals surface area contributed by atoms with Gasteiger partial charge in [0.25, 0.3) is 6.01 Å². The van der Waals surface area contributed by atoms with Crippen LogP contribution in [0.1, 0.15) is 25.0 Å². The molecule has 0 radical (unpaired) electrons. The molecular formula is C10H14N2O2. The van der Waals surface area contributed by atoms with Crippen LogP contribution in [-0.4, -0.2) is 22.7 Å². The Morgan fingerprint density at radius 2 is 2.50 bits per heavy atom. The van der Waals surface area contributed by atoms with Gasteiger partial charge >= 0.3 is 0 Å². The number of piperidine rings is 1. The largest absolute Gasteiger partial charge is 0.432 e. The molecule has 2 fully saturated rings. The van der Waals surface area contributed by atoms with Crippen LogP contribution in [0.2, 0.25) is 0 Å². The Morgan fingerprint density at radius 3 is 3.07 bits per heavy atom. The van der Waals surface area contributed by atoms with Gasteiger partial charge in [0.1, 0.15) is 12.0 Å². The first-order chi connectivity index (χ1) is 6.86. The molecule has 14 heavy (non-hydrogen) atoms. The number of aromatic nitrogens is 1. The molecule has 4 nitrogen and oxygen atoms in total. The Morgan fingerprint density at radius 1 is 1.57 bits per heavy atom. The average Bonchev–Trinajstić information content (AvgIpc) is 2.93. The summed E-state index contributed by atoms with van der Waals surface area (Å²) in [4.78, 5) is 6.48. The monoisotopic (exact) mass is 194 g/mol. The lowest BCUT2D eigenvalue weighted by molar-refractivity contribution is 0.276.